The zero-order chi connectivity index (χ0) is 15.0. The first-order valence-corrected chi connectivity index (χ1v) is 7.28. The van der Waals surface area contributed by atoms with Crippen molar-refractivity contribution in [3.63, 3.8) is 0 Å². The maximum atomic E-state index is 12.3. The number of carbonyl (C=O) groups is 1. The molecule has 0 atom stereocenters. The zero-order valence-corrected chi connectivity index (χ0v) is 11.1. The van der Waals surface area contributed by atoms with Crippen molar-refractivity contribution in [2.24, 2.45) is 0 Å². The van der Waals surface area contributed by atoms with Gasteiger partial charge in [-0.15, -0.1) is 0 Å². The number of aldehydes is 1. The van der Waals surface area contributed by atoms with Gasteiger partial charge in [0.15, 0.2) is 12.0 Å². The summed E-state index contributed by atoms with van der Waals surface area (Å²) in [6.07, 6.45) is 3.29. The van der Waals surface area contributed by atoms with Gasteiger partial charge >= 0.3 is 15.6 Å². The van der Waals surface area contributed by atoms with Gasteiger partial charge in [0, 0.05) is 0 Å². The minimum absolute atomic E-state index is 0.116. The molecule has 0 fully saturated rings. The van der Waals surface area contributed by atoms with Crippen LogP contribution in [0.2, 0.25) is 0 Å². The molecule has 0 saturated carbocycles. The maximum absolute atomic E-state index is 12.3. The van der Waals surface area contributed by atoms with E-state index in [1.807, 2.05) is 0 Å². The highest BCUT2D eigenvalue weighted by Crippen LogP contribution is 2.33. The Kier molecular flexibility index (Phi) is 3.77. The third kappa shape index (κ3) is 2.65. The fourth-order valence-corrected chi connectivity index (χ4v) is 2.68. The molecule has 2 rings (SSSR count). The quantitative estimate of drug-likeness (QED) is 0.489. The van der Waals surface area contributed by atoms with Gasteiger partial charge in [-0.25, -0.2) is 0 Å². The normalized spacial score (nSPS) is 15.6. The van der Waals surface area contributed by atoms with Crippen LogP contribution in [0.3, 0.4) is 0 Å². The van der Waals surface area contributed by atoms with Gasteiger partial charge in [-0.3, -0.25) is 4.79 Å². The summed E-state index contributed by atoms with van der Waals surface area (Å²) in [5.74, 6) is -0.571. The largest absolute Gasteiger partial charge is 0.534 e. The average molecular weight is 308 g/mol. The first-order chi connectivity index (χ1) is 9.26. The minimum Gasteiger partial charge on any atom is -0.375 e. The number of halogens is 3. The lowest BCUT2D eigenvalue weighted by molar-refractivity contribution is -0.0500. The minimum atomic E-state index is -5.77. The van der Waals surface area contributed by atoms with Crippen LogP contribution in [0.5, 0.6) is 5.75 Å². The molecule has 0 saturated heterocycles. The van der Waals surface area contributed by atoms with Crippen LogP contribution in [-0.4, -0.2) is 20.2 Å². The van der Waals surface area contributed by atoms with Crippen LogP contribution in [0.1, 0.15) is 34.3 Å². The van der Waals surface area contributed by atoms with Crippen LogP contribution in [0.4, 0.5) is 13.2 Å². The standard InChI is InChI=1S/C12H11F3O4S/c13-12(14,15)20(17,18)19-11-6-5-8-3-1-2-4-9(8)10(11)7-16/h5-7H,1-4H2. The fourth-order valence-electron chi connectivity index (χ4n) is 2.20. The van der Waals surface area contributed by atoms with Crippen LogP contribution in [0.25, 0.3) is 0 Å². The Hall–Kier alpha value is -1.57. The van der Waals surface area contributed by atoms with E-state index in [0.29, 0.717) is 24.7 Å². The van der Waals surface area contributed by atoms with E-state index in [4.69, 9.17) is 0 Å². The number of benzene rings is 1. The van der Waals surface area contributed by atoms with Crippen LogP contribution >= 0.6 is 0 Å². The fraction of sp³-hybridized carbons (Fsp3) is 0.417. The zero-order valence-electron chi connectivity index (χ0n) is 10.2. The molecular weight excluding hydrogens is 297 g/mol. The Morgan fingerprint density at radius 2 is 1.80 bits per heavy atom. The lowest BCUT2D eigenvalue weighted by atomic mass is 9.88. The number of alkyl halides is 3. The number of fused-ring (bicyclic) bond motifs is 1. The Labute approximate surface area is 113 Å². The Bertz CT molecular complexity index is 635. The van der Waals surface area contributed by atoms with E-state index in [1.54, 1.807) is 0 Å². The second kappa shape index (κ2) is 5.08. The van der Waals surface area contributed by atoms with E-state index in [0.717, 1.165) is 24.5 Å². The molecule has 110 valence electrons. The second-order valence-corrected chi connectivity index (χ2v) is 5.96. The number of hydrogen-bond acceptors (Lipinski definition) is 4. The summed E-state index contributed by atoms with van der Waals surface area (Å²) >= 11 is 0. The van der Waals surface area contributed by atoms with Gasteiger partial charge in [0.25, 0.3) is 0 Å². The molecule has 1 aliphatic carbocycles. The summed E-state index contributed by atoms with van der Waals surface area (Å²) < 4.78 is 62.9. The molecule has 1 aliphatic rings. The first-order valence-electron chi connectivity index (χ1n) is 5.87. The summed E-state index contributed by atoms with van der Waals surface area (Å²) in [5.41, 5.74) is -4.23. The predicted molar refractivity (Wildman–Crippen MR) is 64.1 cm³/mol. The molecule has 1 aromatic carbocycles. The van der Waals surface area contributed by atoms with Crippen molar-refractivity contribution in [3.8, 4) is 5.75 Å². The van der Waals surface area contributed by atoms with E-state index in [1.165, 1.54) is 6.07 Å². The monoisotopic (exact) mass is 308 g/mol. The molecule has 1 aromatic rings. The summed E-state index contributed by atoms with van der Waals surface area (Å²) in [6, 6.07) is 2.60. The van der Waals surface area contributed by atoms with Crippen molar-refractivity contribution in [1.82, 2.24) is 0 Å². The summed E-state index contributed by atoms with van der Waals surface area (Å²) in [4.78, 5) is 11.1. The molecule has 0 unspecified atom stereocenters. The Balaban J connectivity index is 2.46. The van der Waals surface area contributed by atoms with Gasteiger partial charge in [0.2, 0.25) is 0 Å². The Morgan fingerprint density at radius 3 is 2.40 bits per heavy atom. The molecule has 8 heteroatoms. The van der Waals surface area contributed by atoms with Crippen LogP contribution in [0, 0.1) is 0 Å². The number of hydrogen-bond donors (Lipinski definition) is 0. The van der Waals surface area contributed by atoms with Crippen LogP contribution in [0.15, 0.2) is 12.1 Å². The summed E-state index contributed by atoms with van der Waals surface area (Å²) in [6.45, 7) is 0. The van der Waals surface area contributed by atoms with Gasteiger partial charge in [-0.05, 0) is 42.9 Å². The lowest BCUT2D eigenvalue weighted by Gasteiger charge is -2.19. The van der Waals surface area contributed by atoms with Crippen molar-refractivity contribution in [3.05, 3.63) is 28.8 Å². The number of carbonyl (C=O) groups excluding carboxylic acids is 1. The van der Waals surface area contributed by atoms with Gasteiger partial charge in [0.05, 0.1) is 5.56 Å². The molecule has 0 heterocycles. The van der Waals surface area contributed by atoms with Gasteiger partial charge in [0.1, 0.15) is 0 Å². The molecule has 0 amide bonds. The number of aryl methyl sites for hydroxylation is 1. The molecule has 0 bridgehead atoms. The third-order valence-corrected chi connectivity index (χ3v) is 4.10. The van der Waals surface area contributed by atoms with E-state index in [2.05, 4.69) is 4.18 Å². The van der Waals surface area contributed by atoms with E-state index in [9.17, 15) is 26.4 Å². The molecule has 20 heavy (non-hydrogen) atoms. The van der Waals surface area contributed by atoms with Crippen molar-refractivity contribution in [2.45, 2.75) is 31.2 Å². The Morgan fingerprint density at radius 1 is 1.15 bits per heavy atom. The average Bonchev–Trinajstić information content (AvgIpc) is 2.36. The van der Waals surface area contributed by atoms with Crippen molar-refractivity contribution in [2.75, 3.05) is 0 Å². The topological polar surface area (TPSA) is 60.4 Å². The molecule has 4 nitrogen and oxygen atoms in total. The molecule has 0 spiro atoms. The maximum Gasteiger partial charge on any atom is 0.534 e. The van der Waals surface area contributed by atoms with E-state index >= 15 is 0 Å². The first kappa shape index (κ1) is 14.8. The second-order valence-electron chi connectivity index (χ2n) is 4.42. The van der Waals surface area contributed by atoms with Gasteiger partial charge in [-0.2, -0.15) is 21.6 Å². The summed E-state index contributed by atoms with van der Waals surface area (Å²) in [7, 11) is -5.77. The molecule has 0 N–H and O–H groups in total. The van der Waals surface area contributed by atoms with Gasteiger partial charge < -0.3 is 4.18 Å². The smallest absolute Gasteiger partial charge is 0.375 e. The summed E-state index contributed by atoms with van der Waals surface area (Å²) in [5, 5.41) is 0. The van der Waals surface area contributed by atoms with Crippen LogP contribution < -0.4 is 4.18 Å². The lowest BCUT2D eigenvalue weighted by Crippen LogP contribution is -2.28. The highest BCUT2D eigenvalue weighted by Gasteiger charge is 2.48. The van der Waals surface area contributed by atoms with Crippen LogP contribution in [-0.2, 0) is 23.0 Å². The highest BCUT2D eigenvalue weighted by molar-refractivity contribution is 7.88. The molecule has 0 aromatic heterocycles. The van der Waals surface area contributed by atoms with Crippen molar-refractivity contribution < 1.29 is 30.6 Å². The molecule has 0 aliphatic heterocycles. The predicted octanol–water partition coefficient (Wildman–Crippen LogP) is 2.61. The van der Waals surface area contributed by atoms with Crippen molar-refractivity contribution >= 4 is 16.4 Å². The van der Waals surface area contributed by atoms with E-state index < -0.39 is 21.4 Å². The third-order valence-electron chi connectivity index (χ3n) is 3.14. The van der Waals surface area contributed by atoms with E-state index in [-0.39, 0.29) is 5.56 Å². The highest BCUT2D eigenvalue weighted by atomic mass is 32.2. The SMILES string of the molecule is O=Cc1c(OS(=O)(=O)C(F)(F)F)ccc2c1CCCC2. The molecule has 0 radical (unpaired) electrons. The molecular formula is C12H11F3O4S. The van der Waals surface area contributed by atoms with Gasteiger partial charge in [-0.1, -0.05) is 6.07 Å². The number of rotatable bonds is 3. The van der Waals surface area contributed by atoms with Crippen molar-refractivity contribution in [1.29, 1.82) is 0 Å².